The lowest BCUT2D eigenvalue weighted by Gasteiger charge is -2.15. The number of halogens is 1. The molecule has 0 saturated carbocycles. The van der Waals surface area contributed by atoms with Crippen molar-refractivity contribution < 1.29 is 9.59 Å². The van der Waals surface area contributed by atoms with Crippen LogP contribution >= 0.6 is 27.3 Å². The van der Waals surface area contributed by atoms with Crippen molar-refractivity contribution in [1.29, 1.82) is 0 Å². The van der Waals surface area contributed by atoms with Crippen LogP contribution in [0.2, 0.25) is 0 Å². The molecule has 0 radical (unpaired) electrons. The second kappa shape index (κ2) is 7.52. The molecular weight excluding hydrogens is 350 g/mol. The summed E-state index contributed by atoms with van der Waals surface area (Å²) in [6.45, 7) is 1.93. The summed E-state index contributed by atoms with van der Waals surface area (Å²) in [5.41, 5.74) is 1.02. The van der Waals surface area contributed by atoms with Gasteiger partial charge in [-0.1, -0.05) is 40.2 Å². The van der Waals surface area contributed by atoms with Gasteiger partial charge in [-0.05, 0) is 30.0 Å². The van der Waals surface area contributed by atoms with Crippen molar-refractivity contribution in [2.45, 2.75) is 25.8 Å². The van der Waals surface area contributed by atoms with Crippen molar-refractivity contribution in [3.63, 3.8) is 0 Å². The molecule has 2 aromatic rings. The molecule has 0 aliphatic heterocycles. The summed E-state index contributed by atoms with van der Waals surface area (Å²) < 4.78 is 0.965. The Hall–Kier alpha value is -1.46. The molecule has 1 unspecified atom stereocenters. The number of ketones is 1. The third-order valence-electron chi connectivity index (χ3n) is 3.12. The molecule has 0 aliphatic carbocycles. The lowest BCUT2D eigenvalue weighted by Crippen LogP contribution is -2.27. The fourth-order valence-electron chi connectivity index (χ4n) is 2.01. The molecule has 1 aromatic carbocycles. The van der Waals surface area contributed by atoms with Gasteiger partial charge in [0.15, 0.2) is 5.78 Å². The van der Waals surface area contributed by atoms with Crippen LogP contribution in [0.1, 0.15) is 41.0 Å². The predicted octanol–water partition coefficient (Wildman–Crippen LogP) is 4.35. The molecule has 0 bridgehead atoms. The van der Waals surface area contributed by atoms with Gasteiger partial charge in [-0.25, -0.2) is 0 Å². The highest BCUT2D eigenvalue weighted by molar-refractivity contribution is 9.10. The van der Waals surface area contributed by atoms with Crippen LogP contribution in [-0.2, 0) is 4.79 Å². The summed E-state index contributed by atoms with van der Waals surface area (Å²) in [5.74, 6) is -0.0862. The summed E-state index contributed by atoms with van der Waals surface area (Å²) >= 11 is 4.88. The molecule has 1 heterocycles. The van der Waals surface area contributed by atoms with E-state index in [0.717, 1.165) is 10.0 Å². The van der Waals surface area contributed by atoms with E-state index >= 15 is 0 Å². The zero-order valence-electron chi connectivity index (χ0n) is 11.6. The molecule has 0 aliphatic rings. The number of carbonyl (C=O) groups is 2. The van der Waals surface area contributed by atoms with E-state index in [9.17, 15) is 9.59 Å². The Morgan fingerprint density at radius 2 is 1.95 bits per heavy atom. The molecule has 5 heteroatoms. The number of thiophene rings is 1. The summed E-state index contributed by atoms with van der Waals surface area (Å²) in [6, 6.07) is 11.3. The van der Waals surface area contributed by atoms with Crippen LogP contribution in [-0.4, -0.2) is 11.7 Å². The van der Waals surface area contributed by atoms with E-state index in [2.05, 4.69) is 21.2 Å². The number of nitrogens with one attached hydrogen (secondary N) is 1. The number of benzene rings is 1. The lowest BCUT2D eigenvalue weighted by atomic mass is 10.1. The zero-order valence-corrected chi connectivity index (χ0v) is 14.0. The minimum absolute atomic E-state index is 0.0219. The van der Waals surface area contributed by atoms with E-state index in [4.69, 9.17) is 0 Å². The van der Waals surface area contributed by atoms with Crippen LogP contribution in [0.15, 0.2) is 46.3 Å². The number of amides is 1. The first-order chi connectivity index (χ1) is 10.1. The maximum atomic E-state index is 11.9. The smallest absolute Gasteiger partial charge is 0.220 e. The molecule has 3 nitrogen and oxygen atoms in total. The lowest BCUT2D eigenvalue weighted by molar-refractivity contribution is -0.121. The van der Waals surface area contributed by atoms with Gasteiger partial charge < -0.3 is 5.32 Å². The molecule has 0 saturated heterocycles. The van der Waals surface area contributed by atoms with Crippen molar-refractivity contribution in [3.8, 4) is 0 Å². The van der Waals surface area contributed by atoms with Crippen LogP contribution in [0.25, 0.3) is 0 Å². The SMILES string of the molecule is CC(NC(=O)CCC(=O)c1cccs1)c1ccccc1Br. The molecular formula is C16H16BrNO2S. The molecule has 2 rings (SSSR count). The monoisotopic (exact) mass is 365 g/mol. The van der Waals surface area contributed by atoms with Crippen molar-refractivity contribution in [1.82, 2.24) is 5.32 Å². The van der Waals surface area contributed by atoms with Gasteiger partial charge in [-0.3, -0.25) is 9.59 Å². The Balaban J connectivity index is 1.85. The van der Waals surface area contributed by atoms with Crippen LogP contribution < -0.4 is 5.32 Å². The minimum Gasteiger partial charge on any atom is -0.350 e. The first-order valence-corrected chi connectivity index (χ1v) is 8.35. The van der Waals surface area contributed by atoms with Crippen molar-refractivity contribution >= 4 is 39.0 Å². The van der Waals surface area contributed by atoms with E-state index in [1.165, 1.54) is 11.3 Å². The summed E-state index contributed by atoms with van der Waals surface area (Å²) in [7, 11) is 0. The number of hydrogen-bond acceptors (Lipinski definition) is 3. The molecule has 0 fully saturated rings. The third-order valence-corrected chi connectivity index (χ3v) is 4.76. The van der Waals surface area contributed by atoms with E-state index in [-0.39, 0.29) is 30.6 Å². The Kier molecular flexibility index (Phi) is 5.70. The van der Waals surface area contributed by atoms with E-state index in [1.807, 2.05) is 42.6 Å². The van der Waals surface area contributed by atoms with Crippen molar-refractivity contribution in [2.75, 3.05) is 0 Å². The maximum Gasteiger partial charge on any atom is 0.220 e. The topological polar surface area (TPSA) is 46.2 Å². The standard InChI is InChI=1S/C16H16BrNO2S/c1-11(12-5-2-3-6-13(12)17)18-16(20)9-8-14(19)15-7-4-10-21-15/h2-7,10-11H,8-9H2,1H3,(H,18,20). The van der Waals surface area contributed by atoms with Gasteiger partial charge >= 0.3 is 0 Å². The number of hydrogen-bond donors (Lipinski definition) is 1. The summed E-state index contributed by atoms with van der Waals surface area (Å²) in [6.07, 6.45) is 0.459. The normalized spacial score (nSPS) is 11.9. The van der Waals surface area contributed by atoms with E-state index < -0.39 is 0 Å². The number of rotatable bonds is 6. The van der Waals surface area contributed by atoms with Crippen LogP contribution in [0.5, 0.6) is 0 Å². The summed E-state index contributed by atoms with van der Waals surface area (Å²) in [5, 5.41) is 4.78. The fraction of sp³-hybridized carbons (Fsp3) is 0.250. The van der Waals surface area contributed by atoms with E-state index in [0.29, 0.717) is 4.88 Å². The van der Waals surface area contributed by atoms with Gasteiger partial charge in [0.25, 0.3) is 0 Å². The Bertz CT molecular complexity index is 625. The van der Waals surface area contributed by atoms with Gasteiger partial charge in [-0.15, -0.1) is 11.3 Å². The van der Waals surface area contributed by atoms with E-state index in [1.54, 1.807) is 6.07 Å². The third kappa shape index (κ3) is 4.51. The number of carbonyl (C=O) groups excluding carboxylic acids is 2. The van der Waals surface area contributed by atoms with Gasteiger partial charge in [0.1, 0.15) is 0 Å². The predicted molar refractivity (Wildman–Crippen MR) is 88.6 cm³/mol. The largest absolute Gasteiger partial charge is 0.350 e. The average Bonchev–Trinajstić information content (AvgIpc) is 2.99. The maximum absolute atomic E-state index is 11.9. The molecule has 1 N–H and O–H groups in total. The van der Waals surface area contributed by atoms with Gasteiger partial charge in [0, 0.05) is 17.3 Å². The zero-order chi connectivity index (χ0) is 15.2. The summed E-state index contributed by atoms with van der Waals surface area (Å²) in [4.78, 5) is 24.5. The molecule has 110 valence electrons. The Labute approximate surface area is 136 Å². The van der Waals surface area contributed by atoms with Gasteiger partial charge in [0.2, 0.25) is 5.91 Å². The second-order valence-corrected chi connectivity index (χ2v) is 6.51. The van der Waals surface area contributed by atoms with Crippen molar-refractivity contribution in [3.05, 3.63) is 56.7 Å². The highest BCUT2D eigenvalue weighted by Gasteiger charge is 2.14. The first-order valence-electron chi connectivity index (χ1n) is 6.68. The molecule has 0 spiro atoms. The Morgan fingerprint density at radius 1 is 1.19 bits per heavy atom. The van der Waals surface area contributed by atoms with Crippen LogP contribution in [0.3, 0.4) is 0 Å². The molecule has 21 heavy (non-hydrogen) atoms. The second-order valence-electron chi connectivity index (χ2n) is 4.71. The van der Waals surface area contributed by atoms with Crippen LogP contribution in [0.4, 0.5) is 0 Å². The number of Topliss-reactive ketones (excluding diaryl/α,β-unsaturated/α-hetero) is 1. The quantitative estimate of drug-likeness (QED) is 0.773. The first kappa shape index (κ1) is 15.9. The van der Waals surface area contributed by atoms with Crippen molar-refractivity contribution in [2.24, 2.45) is 0 Å². The fourth-order valence-corrected chi connectivity index (χ4v) is 3.33. The van der Waals surface area contributed by atoms with Crippen LogP contribution in [0, 0.1) is 0 Å². The molecule has 1 amide bonds. The highest BCUT2D eigenvalue weighted by Crippen LogP contribution is 2.22. The van der Waals surface area contributed by atoms with Gasteiger partial charge in [-0.2, -0.15) is 0 Å². The average molecular weight is 366 g/mol. The molecule has 1 aromatic heterocycles. The molecule has 1 atom stereocenters. The minimum atomic E-state index is -0.108. The Morgan fingerprint density at radius 3 is 2.62 bits per heavy atom. The highest BCUT2D eigenvalue weighted by atomic mass is 79.9. The van der Waals surface area contributed by atoms with Gasteiger partial charge in [0.05, 0.1) is 10.9 Å².